The summed E-state index contributed by atoms with van der Waals surface area (Å²) in [6.07, 6.45) is -0.537. The Balaban J connectivity index is 2.01. The predicted molar refractivity (Wildman–Crippen MR) is 131 cm³/mol. The number of aliphatic hydroxyl groups excluding tert-OH is 1. The summed E-state index contributed by atoms with van der Waals surface area (Å²) in [7, 11) is 0. The highest BCUT2D eigenvalue weighted by atomic mass is 16.6. The highest BCUT2D eigenvalue weighted by Gasteiger charge is 2.28. The normalized spacial score (nSPS) is 12.7. The van der Waals surface area contributed by atoms with Crippen molar-refractivity contribution in [1.29, 1.82) is 0 Å². The average molecular weight is 484 g/mol. The third-order valence-electron chi connectivity index (χ3n) is 4.71. The highest BCUT2D eigenvalue weighted by Crippen LogP contribution is 2.14. The number of nitrogens with one attached hydrogen (secondary N) is 1. The molecule has 0 aliphatic heterocycles. The van der Waals surface area contributed by atoms with E-state index < -0.39 is 42.4 Å². The Morgan fingerprint density at radius 3 is 2.37 bits per heavy atom. The summed E-state index contributed by atoms with van der Waals surface area (Å²) < 4.78 is 15.4. The van der Waals surface area contributed by atoms with Crippen LogP contribution in [0.1, 0.15) is 48.7 Å². The van der Waals surface area contributed by atoms with E-state index >= 15 is 0 Å². The summed E-state index contributed by atoms with van der Waals surface area (Å²) in [4.78, 5) is 36.8. The molecular formula is C27H33NO7. The number of benzene rings is 2. The second kappa shape index (κ2) is 13.3. The van der Waals surface area contributed by atoms with Crippen LogP contribution in [0.5, 0.6) is 0 Å². The minimum Gasteiger partial charge on any atom is -0.460 e. The Morgan fingerprint density at radius 2 is 1.71 bits per heavy atom. The molecule has 2 atom stereocenters. The van der Waals surface area contributed by atoms with E-state index in [1.807, 2.05) is 36.4 Å². The molecule has 2 N–H and O–H groups in total. The molecule has 1 unspecified atom stereocenters. The molecule has 0 saturated heterocycles. The third kappa shape index (κ3) is 10.4. The summed E-state index contributed by atoms with van der Waals surface area (Å²) >= 11 is 0. The van der Waals surface area contributed by atoms with E-state index in [0.717, 1.165) is 11.1 Å². The first-order valence-electron chi connectivity index (χ1n) is 11.3. The number of amides is 1. The van der Waals surface area contributed by atoms with Crippen molar-refractivity contribution in [2.75, 3.05) is 13.2 Å². The minimum atomic E-state index is -1.38. The van der Waals surface area contributed by atoms with Gasteiger partial charge in [0.1, 0.15) is 24.9 Å². The van der Waals surface area contributed by atoms with Crippen LogP contribution in [-0.4, -0.2) is 54.1 Å². The number of ether oxygens (including phenoxy) is 3. The molecule has 35 heavy (non-hydrogen) atoms. The maximum atomic E-state index is 12.6. The van der Waals surface area contributed by atoms with Crippen LogP contribution >= 0.6 is 0 Å². The quantitative estimate of drug-likeness (QED) is 0.284. The molecule has 8 nitrogen and oxygen atoms in total. The van der Waals surface area contributed by atoms with Crippen molar-refractivity contribution in [2.45, 2.75) is 51.4 Å². The lowest BCUT2D eigenvalue weighted by Crippen LogP contribution is -2.47. The van der Waals surface area contributed by atoms with Crippen molar-refractivity contribution in [3.8, 4) is 0 Å². The average Bonchev–Trinajstić information content (AvgIpc) is 2.80. The zero-order chi connectivity index (χ0) is 25.8. The molecule has 2 rings (SSSR count). The number of carbonyl (C=O) groups excluding carboxylic acids is 3. The monoisotopic (exact) mass is 483 g/mol. The summed E-state index contributed by atoms with van der Waals surface area (Å²) in [5.74, 6) is -1.27. The number of hydrogen-bond donors (Lipinski definition) is 2. The van der Waals surface area contributed by atoms with E-state index in [1.54, 1.807) is 39.0 Å². The van der Waals surface area contributed by atoms with Gasteiger partial charge < -0.3 is 24.6 Å². The summed E-state index contributed by atoms with van der Waals surface area (Å²) in [6.45, 7) is 8.08. The van der Waals surface area contributed by atoms with Crippen LogP contribution < -0.4 is 5.32 Å². The van der Waals surface area contributed by atoms with Gasteiger partial charge in [-0.15, -0.1) is 0 Å². The van der Waals surface area contributed by atoms with Crippen LogP contribution in [0.15, 0.2) is 67.3 Å². The topological polar surface area (TPSA) is 111 Å². The van der Waals surface area contributed by atoms with Gasteiger partial charge in [-0.2, -0.15) is 0 Å². The van der Waals surface area contributed by atoms with Gasteiger partial charge in [0.2, 0.25) is 0 Å². The maximum absolute atomic E-state index is 12.6. The lowest BCUT2D eigenvalue weighted by molar-refractivity contribution is -0.156. The van der Waals surface area contributed by atoms with Crippen molar-refractivity contribution < 1.29 is 33.7 Å². The predicted octanol–water partition coefficient (Wildman–Crippen LogP) is 3.81. The van der Waals surface area contributed by atoms with Gasteiger partial charge in [-0.25, -0.2) is 9.59 Å². The third-order valence-corrected chi connectivity index (χ3v) is 4.71. The molecule has 8 heteroatoms. The zero-order valence-electron chi connectivity index (χ0n) is 20.4. The van der Waals surface area contributed by atoms with E-state index in [-0.39, 0.29) is 13.0 Å². The van der Waals surface area contributed by atoms with Gasteiger partial charge in [0.05, 0.1) is 18.0 Å². The van der Waals surface area contributed by atoms with Crippen molar-refractivity contribution >= 4 is 18.0 Å². The number of esters is 2. The van der Waals surface area contributed by atoms with Crippen LogP contribution in [-0.2, 0) is 25.4 Å². The Morgan fingerprint density at radius 1 is 1.03 bits per heavy atom. The largest absolute Gasteiger partial charge is 0.460 e. The summed E-state index contributed by atoms with van der Waals surface area (Å²) in [5.41, 5.74) is 1.62. The van der Waals surface area contributed by atoms with E-state index in [9.17, 15) is 19.5 Å². The highest BCUT2D eigenvalue weighted by molar-refractivity contribution is 5.89. The van der Waals surface area contributed by atoms with Crippen LogP contribution in [0.25, 0.3) is 0 Å². The van der Waals surface area contributed by atoms with Crippen molar-refractivity contribution in [2.24, 2.45) is 0 Å². The number of carbonyl (C=O) groups is 3. The van der Waals surface area contributed by atoms with Gasteiger partial charge in [-0.1, -0.05) is 55.1 Å². The van der Waals surface area contributed by atoms with Crippen molar-refractivity contribution in [1.82, 2.24) is 5.32 Å². The number of hydrogen-bond acceptors (Lipinski definition) is 7. The van der Waals surface area contributed by atoms with Crippen molar-refractivity contribution in [3.63, 3.8) is 0 Å². The fraction of sp³-hybridized carbons (Fsp3) is 0.370. The molecule has 188 valence electrons. The Hall–Kier alpha value is -3.65. The molecule has 0 aromatic heterocycles. The molecule has 2 aromatic carbocycles. The van der Waals surface area contributed by atoms with Gasteiger partial charge in [-0.05, 0) is 50.5 Å². The standard InChI is InChI=1S/C27H33NO7/c1-5-14-33-26(32)28-22(17-24(30)35-27(2,3)4)23(29)18-34-25(31)21-13-9-12-20(16-21)15-19-10-7-6-8-11-19/h5-13,16,22-23,29H,1,14-15,17-18H2,2-4H3,(H,28,32)/t22-,23?/m0/s1. The molecule has 0 bridgehead atoms. The summed E-state index contributed by atoms with van der Waals surface area (Å²) in [5, 5.41) is 13.0. The van der Waals surface area contributed by atoms with E-state index in [4.69, 9.17) is 14.2 Å². The van der Waals surface area contributed by atoms with Gasteiger partial charge in [-0.3, -0.25) is 4.79 Å². The zero-order valence-corrected chi connectivity index (χ0v) is 20.4. The number of aliphatic hydroxyl groups is 1. The lowest BCUT2D eigenvalue weighted by Gasteiger charge is -2.25. The summed E-state index contributed by atoms with van der Waals surface area (Å²) in [6, 6.07) is 15.7. The van der Waals surface area contributed by atoms with E-state index in [0.29, 0.717) is 12.0 Å². The first-order valence-corrected chi connectivity index (χ1v) is 11.3. The molecule has 0 heterocycles. The lowest BCUT2D eigenvalue weighted by atomic mass is 10.0. The smallest absolute Gasteiger partial charge is 0.407 e. The maximum Gasteiger partial charge on any atom is 0.407 e. The van der Waals surface area contributed by atoms with Gasteiger partial charge in [0.15, 0.2) is 0 Å². The Kier molecular flexibility index (Phi) is 10.5. The second-order valence-corrected chi connectivity index (χ2v) is 8.96. The molecule has 1 amide bonds. The molecule has 0 saturated carbocycles. The van der Waals surface area contributed by atoms with Crippen LogP contribution in [0.2, 0.25) is 0 Å². The van der Waals surface area contributed by atoms with Crippen LogP contribution in [0, 0.1) is 0 Å². The Labute approximate surface area is 205 Å². The number of alkyl carbamates (subject to hydrolysis) is 1. The molecule has 0 spiro atoms. The van der Waals surface area contributed by atoms with Gasteiger partial charge >= 0.3 is 18.0 Å². The van der Waals surface area contributed by atoms with Crippen LogP contribution in [0.4, 0.5) is 4.79 Å². The first kappa shape index (κ1) is 27.6. The molecule has 2 aromatic rings. The minimum absolute atomic E-state index is 0.0462. The molecule has 0 radical (unpaired) electrons. The van der Waals surface area contributed by atoms with Crippen molar-refractivity contribution in [3.05, 3.63) is 83.9 Å². The van der Waals surface area contributed by atoms with Gasteiger partial charge in [0.25, 0.3) is 0 Å². The fourth-order valence-electron chi connectivity index (χ4n) is 3.17. The fourth-order valence-corrected chi connectivity index (χ4v) is 3.17. The number of rotatable bonds is 11. The molecule has 0 aliphatic rings. The molecule has 0 aliphatic carbocycles. The van der Waals surface area contributed by atoms with Crippen LogP contribution in [0.3, 0.4) is 0 Å². The SMILES string of the molecule is C=CCOC(=O)N[C@@H](CC(=O)OC(C)(C)C)C(O)COC(=O)c1cccc(Cc2ccccc2)c1. The van der Waals surface area contributed by atoms with E-state index in [2.05, 4.69) is 11.9 Å². The second-order valence-electron chi connectivity index (χ2n) is 8.96. The Bertz CT molecular complexity index is 998. The van der Waals surface area contributed by atoms with Gasteiger partial charge in [0, 0.05) is 0 Å². The molecular weight excluding hydrogens is 450 g/mol. The van der Waals surface area contributed by atoms with E-state index in [1.165, 1.54) is 6.08 Å². The molecule has 0 fully saturated rings. The first-order chi connectivity index (χ1) is 16.6.